The Morgan fingerprint density at radius 2 is 2.25 bits per heavy atom. The molecule has 0 aromatic heterocycles. The largest absolute Gasteiger partial charge is 0.490 e. The first kappa shape index (κ1) is 12.8. The second-order valence-electron chi connectivity index (χ2n) is 3.43. The lowest BCUT2D eigenvalue weighted by Gasteiger charge is -2.10. The van der Waals surface area contributed by atoms with Gasteiger partial charge in [-0.05, 0) is 25.1 Å². The summed E-state index contributed by atoms with van der Waals surface area (Å²) >= 11 is 5.94. The van der Waals surface area contributed by atoms with Crippen molar-refractivity contribution in [2.75, 3.05) is 13.7 Å². The van der Waals surface area contributed by atoms with Gasteiger partial charge in [-0.3, -0.25) is 0 Å². The molecule has 16 heavy (non-hydrogen) atoms. The minimum absolute atomic E-state index is 0.0728. The van der Waals surface area contributed by atoms with Crippen LogP contribution in [0.2, 0.25) is 5.02 Å². The molecule has 88 valence electrons. The van der Waals surface area contributed by atoms with Crippen LogP contribution < -0.4 is 10.5 Å². The summed E-state index contributed by atoms with van der Waals surface area (Å²) in [5.74, 6) is 0.0762. The number of hydrogen-bond acceptors (Lipinski definition) is 4. The number of nitrogens with two attached hydrogens (primary N) is 1. The molecule has 0 spiro atoms. The molecule has 0 radical (unpaired) electrons. The number of benzene rings is 1. The Kier molecular flexibility index (Phi) is 4.58. The minimum Gasteiger partial charge on any atom is -0.490 e. The summed E-state index contributed by atoms with van der Waals surface area (Å²) in [4.78, 5) is 11.2. The number of carbonyl (C=O) groups is 1. The molecule has 2 N–H and O–H groups in total. The first-order valence-corrected chi connectivity index (χ1v) is 5.18. The molecule has 5 heteroatoms. The summed E-state index contributed by atoms with van der Waals surface area (Å²) in [5, 5.41) is 0.364. The SMILES string of the molecule is COC(=O)c1ccc(OC[C@H](C)N)c(Cl)c1. The molecule has 0 aliphatic rings. The van der Waals surface area contributed by atoms with E-state index in [-0.39, 0.29) is 6.04 Å². The lowest BCUT2D eigenvalue weighted by Crippen LogP contribution is -2.23. The van der Waals surface area contributed by atoms with Gasteiger partial charge in [0.15, 0.2) is 0 Å². The van der Waals surface area contributed by atoms with E-state index >= 15 is 0 Å². The van der Waals surface area contributed by atoms with E-state index < -0.39 is 5.97 Å². The van der Waals surface area contributed by atoms with Crippen molar-refractivity contribution in [2.24, 2.45) is 5.73 Å². The third kappa shape index (κ3) is 3.40. The van der Waals surface area contributed by atoms with Crippen molar-refractivity contribution in [1.29, 1.82) is 0 Å². The zero-order chi connectivity index (χ0) is 12.1. The Balaban J connectivity index is 2.79. The Morgan fingerprint density at radius 1 is 1.56 bits per heavy atom. The topological polar surface area (TPSA) is 61.5 Å². The van der Waals surface area contributed by atoms with Gasteiger partial charge in [-0.1, -0.05) is 11.6 Å². The van der Waals surface area contributed by atoms with Crippen molar-refractivity contribution in [2.45, 2.75) is 13.0 Å². The van der Waals surface area contributed by atoms with Crippen LogP contribution in [-0.4, -0.2) is 25.7 Å². The van der Waals surface area contributed by atoms with Crippen LogP contribution in [0.1, 0.15) is 17.3 Å². The summed E-state index contributed by atoms with van der Waals surface area (Å²) in [6.07, 6.45) is 0. The van der Waals surface area contributed by atoms with Crippen LogP contribution in [0.4, 0.5) is 0 Å². The number of halogens is 1. The van der Waals surface area contributed by atoms with Crippen molar-refractivity contribution in [3.8, 4) is 5.75 Å². The molecule has 0 heterocycles. The second-order valence-corrected chi connectivity index (χ2v) is 3.83. The van der Waals surface area contributed by atoms with E-state index in [0.717, 1.165) is 0 Å². The van der Waals surface area contributed by atoms with Gasteiger partial charge in [0.05, 0.1) is 17.7 Å². The fourth-order valence-corrected chi connectivity index (χ4v) is 1.32. The average molecular weight is 244 g/mol. The molecule has 0 unspecified atom stereocenters. The van der Waals surface area contributed by atoms with E-state index in [2.05, 4.69) is 4.74 Å². The third-order valence-corrected chi connectivity index (χ3v) is 2.15. The van der Waals surface area contributed by atoms with Crippen molar-refractivity contribution in [3.05, 3.63) is 28.8 Å². The molecule has 1 rings (SSSR count). The summed E-state index contributed by atoms with van der Waals surface area (Å²) in [5.41, 5.74) is 5.94. The maximum atomic E-state index is 11.2. The first-order valence-electron chi connectivity index (χ1n) is 4.81. The van der Waals surface area contributed by atoms with Gasteiger partial charge in [0, 0.05) is 6.04 Å². The van der Waals surface area contributed by atoms with Crippen LogP contribution in [0.15, 0.2) is 18.2 Å². The quantitative estimate of drug-likeness (QED) is 0.820. The second kappa shape index (κ2) is 5.72. The van der Waals surface area contributed by atoms with Crippen LogP contribution >= 0.6 is 11.6 Å². The Hall–Kier alpha value is -1.26. The van der Waals surface area contributed by atoms with Gasteiger partial charge in [-0.15, -0.1) is 0 Å². The van der Waals surface area contributed by atoms with E-state index in [0.29, 0.717) is 22.9 Å². The first-order chi connectivity index (χ1) is 7.54. The zero-order valence-electron chi connectivity index (χ0n) is 9.20. The van der Waals surface area contributed by atoms with E-state index in [9.17, 15) is 4.79 Å². The van der Waals surface area contributed by atoms with Gasteiger partial charge in [0.1, 0.15) is 12.4 Å². The number of rotatable bonds is 4. The van der Waals surface area contributed by atoms with E-state index in [1.807, 2.05) is 6.92 Å². The summed E-state index contributed by atoms with van der Waals surface area (Å²) in [7, 11) is 1.32. The van der Waals surface area contributed by atoms with Gasteiger partial charge < -0.3 is 15.2 Å². The van der Waals surface area contributed by atoms with Gasteiger partial charge in [-0.2, -0.15) is 0 Å². The van der Waals surface area contributed by atoms with Crippen molar-refractivity contribution in [3.63, 3.8) is 0 Å². The van der Waals surface area contributed by atoms with Crippen molar-refractivity contribution >= 4 is 17.6 Å². The fraction of sp³-hybridized carbons (Fsp3) is 0.364. The third-order valence-electron chi connectivity index (χ3n) is 1.85. The molecule has 0 fully saturated rings. The maximum absolute atomic E-state index is 11.2. The highest BCUT2D eigenvalue weighted by atomic mass is 35.5. The van der Waals surface area contributed by atoms with Crippen LogP contribution in [0, 0.1) is 0 Å². The molecule has 0 saturated carbocycles. The van der Waals surface area contributed by atoms with Crippen LogP contribution in [0.5, 0.6) is 5.75 Å². The molecular formula is C11H14ClNO3. The fourth-order valence-electron chi connectivity index (χ4n) is 1.08. The molecule has 0 bridgehead atoms. The summed E-state index contributed by atoms with van der Waals surface area (Å²) < 4.78 is 9.93. The number of esters is 1. The van der Waals surface area contributed by atoms with Gasteiger partial charge >= 0.3 is 5.97 Å². The highest BCUT2D eigenvalue weighted by molar-refractivity contribution is 6.32. The Morgan fingerprint density at radius 3 is 2.75 bits per heavy atom. The highest BCUT2D eigenvalue weighted by Gasteiger charge is 2.09. The molecule has 1 atom stereocenters. The van der Waals surface area contributed by atoms with E-state index in [1.165, 1.54) is 13.2 Å². The zero-order valence-corrected chi connectivity index (χ0v) is 9.95. The number of methoxy groups -OCH3 is 1. The predicted molar refractivity (Wildman–Crippen MR) is 61.9 cm³/mol. The minimum atomic E-state index is -0.430. The Bertz CT molecular complexity index is 379. The molecule has 4 nitrogen and oxygen atoms in total. The number of ether oxygens (including phenoxy) is 2. The summed E-state index contributed by atoms with van der Waals surface area (Å²) in [6, 6.07) is 4.64. The lowest BCUT2D eigenvalue weighted by atomic mass is 10.2. The molecule has 0 saturated heterocycles. The van der Waals surface area contributed by atoms with Crippen LogP contribution in [-0.2, 0) is 4.74 Å². The molecule has 0 aliphatic heterocycles. The van der Waals surface area contributed by atoms with Crippen LogP contribution in [0.25, 0.3) is 0 Å². The lowest BCUT2D eigenvalue weighted by molar-refractivity contribution is 0.0600. The van der Waals surface area contributed by atoms with Gasteiger partial charge in [0.2, 0.25) is 0 Å². The molecular weight excluding hydrogens is 230 g/mol. The van der Waals surface area contributed by atoms with Gasteiger partial charge in [0.25, 0.3) is 0 Å². The highest BCUT2D eigenvalue weighted by Crippen LogP contribution is 2.25. The van der Waals surface area contributed by atoms with Crippen molar-refractivity contribution < 1.29 is 14.3 Å². The molecule has 0 amide bonds. The Labute approximate surface area is 99.3 Å². The maximum Gasteiger partial charge on any atom is 0.337 e. The number of carbonyl (C=O) groups excluding carboxylic acids is 1. The smallest absolute Gasteiger partial charge is 0.337 e. The predicted octanol–water partition coefficient (Wildman–Crippen LogP) is 1.85. The van der Waals surface area contributed by atoms with Gasteiger partial charge in [-0.25, -0.2) is 4.79 Å². The normalized spacial score (nSPS) is 12.0. The molecule has 1 aromatic carbocycles. The monoisotopic (exact) mass is 243 g/mol. The standard InChI is InChI=1S/C11H14ClNO3/c1-7(13)6-16-10-4-3-8(5-9(10)12)11(14)15-2/h3-5,7H,6,13H2,1-2H3/t7-/m0/s1. The average Bonchev–Trinajstić information content (AvgIpc) is 2.26. The number of hydrogen-bond donors (Lipinski definition) is 1. The van der Waals surface area contributed by atoms with E-state index in [1.54, 1.807) is 12.1 Å². The molecule has 0 aliphatic carbocycles. The summed E-state index contributed by atoms with van der Waals surface area (Å²) in [6.45, 7) is 2.20. The van der Waals surface area contributed by atoms with E-state index in [4.69, 9.17) is 22.1 Å². The molecule has 1 aromatic rings. The van der Waals surface area contributed by atoms with Crippen molar-refractivity contribution in [1.82, 2.24) is 0 Å². The van der Waals surface area contributed by atoms with Crippen LogP contribution in [0.3, 0.4) is 0 Å².